The van der Waals surface area contributed by atoms with E-state index in [1.54, 1.807) is 11.3 Å². The molecule has 2 heterocycles. The van der Waals surface area contributed by atoms with E-state index >= 15 is 0 Å². The van der Waals surface area contributed by atoms with Crippen LogP contribution in [-0.2, 0) is 11.2 Å². The number of carbonyl (C=O) groups excluding carboxylic acids is 1. The zero-order valence-corrected chi connectivity index (χ0v) is 13.5. The molecule has 1 aromatic rings. The molecule has 0 bridgehead atoms. The molecule has 3 nitrogen and oxygen atoms in total. The number of carbonyl (C=O) groups is 1. The molecular formula is C14H21BrN2OS. The highest BCUT2D eigenvalue weighted by Crippen LogP contribution is 2.22. The molecule has 1 fully saturated rings. The maximum Gasteiger partial charge on any atom is 0.220 e. The van der Waals surface area contributed by atoms with Crippen LogP contribution in [0.4, 0.5) is 0 Å². The van der Waals surface area contributed by atoms with Gasteiger partial charge in [-0.2, -0.15) is 0 Å². The molecule has 19 heavy (non-hydrogen) atoms. The van der Waals surface area contributed by atoms with E-state index in [1.807, 2.05) is 0 Å². The van der Waals surface area contributed by atoms with E-state index in [0.29, 0.717) is 12.5 Å². The topological polar surface area (TPSA) is 41.1 Å². The highest BCUT2D eigenvalue weighted by Gasteiger charge is 2.13. The summed E-state index contributed by atoms with van der Waals surface area (Å²) < 4.78 is 1.15. The van der Waals surface area contributed by atoms with E-state index in [4.69, 9.17) is 0 Å². The van der Waals surface area contributed by atoms with Crippen LogP contribution >= 0.6 is 27.3 Å². The highest BCUT2D eigenvalue weighted by molar-refractivity contribution is 9.11. The van der Waals surface area contributed by atoms with Gasteiger partial charge in [-0.25, -0.2) is 0 Å². The van der Waals surface area contributed by atoms with Gasteiger partial charge >= 0.3 is 0 Å². The number of halogens is 1. The molecule has 1 aliphatic heterocycles. The molecule has 0 saturated carbocycles. The number of amides is 1. The molecule has 5 heteroatoms. The summed E-state index contributed by atoms with van der Waals surface area (Å²) in [7, 11) is 0. The lowest BCUT2D eigenvalue weighted by Gasteiger charge is -2.23. The summed E-state index contributed by atoms with van der Waals surface area (Å²) >= 11 is 5.18. The monoisotopic (exact) mass is 344 g/mol. The Morgan fingerprint density at radius 2 is 2.37 bits per heavy atom. The highest BCUT2D eigenvalue weighted by atomic mass is 79.9. The largest absolute Gasteiger partial charge is 0.356 e. The van der Waals surface area contributed by atoms with Crippen LogP contribution in [0.2, 0.25) is 0 Å². The van der Waals surface area contributed by atoms with Crippen molar-refractivity contribution < 1.29 is 4.79 Å². The predicted molar refractivity (Wildman–Crippen MR) is 83.6 cm³/mol. The first-order valence-corrected chi connectivity index (χ1v) is 8.59. The maximum absolute atomic E-state index is 11.7. The van der Waals surface area contributed by atoms with E-state index in [2.05, 4.69) is 38.7 Å². The number of piperidine rings is 1. The number of hydrogen-bond donors (Lipinski definition) is 2. The van der Waals surface area contributed by atoms with Crippen molar-refractivity contribution in [3.05, 3.63) is 20.8 Å². The minimum absolute atomic E-state index is 0.183. The fourth-order valence-electron chi connectivity index (χ4n) is 2.38. The van der Waals surface area contributed by atoms with Gasteiger partial charge in [0.1, 0.15) is 0 Å². The van der Waals surface area contributed by atoms with Gasteiger partial charge in [0, 0.05) is 23.9 Å². The summed E-state index contributed by atoms with van der Waals surface area (Å²) in [6.45, 7) is 1.85. The molecule has 0 radical (unpaired) electrons. The first-order valence-electron chi connectivity index (χ1n) is 6.98. The Kier molecular flexibility index (Phi) is 6.34. The van der Waals surface area contributed by atoms with Gasteiger partial charge in [-0.3, -0.25) is 4.79 Å². The van der Waals surface area contributed by atoms with Crippen molar-refractivity contribution in [3.63, 3.8) is 0 Å². The molecule has 0 aliphatic carbocycles. The van der Waals surface area contributed by atoms with E-state index in [0.717, 1.165) is 29.7 Å². The second-order valence-corrected chi connectivity index (χ2v) is 7.54. The van der Waals surface area contributed by atoms with Crippen LogP contribution in [0.1, 0.15) is 37.0 Å². The van der Waals surface area contributed by atoms with Gasteiger partial charge in [-0.15, -0.1) is 11.3 Å². The number of hydrogen-bond acceptors (Lipinski definition) is 3. The lowest BCUT2D eigenvalue weighted by Crippen LogP contribution is -2.35. The molecule has 2 N–H and O–H groups in total. The van der Waals surface area contributed by atoms with Crippen molar-refractivity contribution in [1.82, 2.24) is 10.6 Å². The maximum atomic E-state index is 11.7. The van der Waals surface area contributed by atoms with Crippen molar-refractivity contribution in [1.29, 1.82) is 0 Å². The zero-order chi connectivity index (χ0) is 13.5. The number of thiophene rings is 1. The van der Waals surface area contributed by atoms with Gasteiger partial charge in [0.2, 0.25) is 5.91 Å². The van der Waals surface area contributed by atoms with Crippen LogP contribution in [0, 0.1) is 0 Å². The molecule has 2 rings (SSSR count). The molecule has 0 aromatic carbocycles. The first kappa shape index (κ1) is 15.0. The molecule has 1 saturated heterocycles. The smallest absolute Gasteiger partial charge is 0.220 e. The van der Waals surface area contributed by atoms with Gasteiger partial charge in [0.25, 0.3) is 0 Å². The van der Waals surface area contributed by atoms with Crippen LogP contribution in [0.15, 0.2) is 15.9 Å². The Balaban J connectivity index is 1.56. The second kappa shape index (κ2) is 8.02. The summed E-state index contributed by atoms with van der Waals surface area (Å²) in [5.41, 5.74) is 0. The van der Waals surface area contributed by atoms with Gasteiger partial charge in [-0.1, -0.05) is 6.42 Å². The lowest BCUT2D eigenvalue weighted by molar-refractivity contribution is -0.121. The van der Waals surface area contributed by atoms with E-state index in [1.165, 1.54) is 24.1 Å². The normalized spacial score (nSPS) is 19.3. The second-order valence-electron chi connectivity index (χ2n) is 4.99. The fourth-order valence-corrected chi connectivity index (χ4v) is 3.86. The molecule has 1 aliphatic rings. The third-order valence-electron chi connectivity index (χ3n) is 3.45. The van der Waals surface area contributed by atoms with E-state index < -0.39 is 0 Å². The molecule has 1 aromatic heterocycles. The summed E-state index contributed by atoms with van der Waals surface area (Å²) in [4.78, 5) is 13.0. The quantitative estimate of drug-likeness (QED) is 0.832. The fraction of sp³-hybridized carbons (Fsp3) is 0.643. The van der Waals surface area contributed by atoms with Crippen molar-refractivity contribution >= 4 is 33.2 Å². The Morgan fingerprint density at radius 3 is 3.05 bits per heavy atom. The van der Waals surface area contributed by atoms with Gasteiger partial charge < -0.3 is 10.6 Å². The Morgan fingerprint density at radius 1 is 1.47 bits per heavy atom. The summed E-state index contributed by atoms with van der Waals surface area (Å²) in [5.74, 6) is 0.183. The molecule has 106 valence electrons. The van der Waals surface area contributed by atoms with Crippen molar-refractivity contribution in [3.8, 4) is 0 Å². The van der Waals surface area contributed by atoms with E-state index in [9.17, 15) is 4.79 Å². The van der Waals surface area contributed by atoms with Crippen LogP contribution < -0.4 is 10.6 Å². The van der Waals surface area contributed by atoms with E-state index in [-0.39, 0.29) is 5.91 Å². The minimum Gasteiger partial charge on any atom is -0.356 e. The van der Waals surface area contributed by atoms with Gasteiger partial charge in [0.15, 0.2) is 0 Å². The van der Waals surface area contributed by atoms with Gasteiger partial charge in [-0.05, 0) is 60.3 Å². The predicted octanol–water partition coefficient (Wildman–Crippen LogP) is 3.09. The molecule has 1 atom stereocenters. The number of nitrogens with one attached hydrogen (secondary N) is 2. The SMILES string of the molecule is O=C(CCC1CCCCN1)NCCc1ccc(Br)s1. The summed E-state index contributed by atoms with van der Waals surface area (Å²) in [5, 5.41) is 6.48. The summed E-state index contributed by atoms with van der Waals surface area (Å²) in [6.07, 6.45) is 6.33. The molecule has 1 amide bonds. The Bertz CT molecular complexity index is 402. The van der Waals surface area contributed by atoms with Crippen LogP contribution in [-0.4, -0.2) is 25.0 Å². The van der Waals surface area contributed by atoms with Crippen LogP contribution in [0.25, 0.3) is 0 Å². The van der Waals surface area contributed by atoms with Crippen molar-refractivity contribution in [2.24, 2.45) is 0 Å². The summed E-state index contributed by atoms with van der Waals surface area (Å²) in [6, 6.07) is 4.71. The molecule has 1 unspecified atom stereocenters. The Hall–Kier alpha value is -0.390. The number of rotatable bonds is 6. The third kappa shape index (κ3) is 5.63. The Labute approximate surface area is 127 Å². The van der Waals surface area contributed by atoms with Crippen LogP contribution in [0.5, 0.6) is 0 Å². The zero-order valence-electron chi connectivity index (χ0n) is 11.1. The van der Waals surface area contributed by atoms with Crippen LogP contribution in [0.3, 0.4) is 0 Å². The minimum atomic E-state index is 0.183. The third-order valence-corrected chi connectivity index (χ3v) is 5.14. The molecular weight excluding hydrogens is 324 g/mol. The first-order chi connectivity index (χ1) is 9.24. The van der Waals surface area contributed by atoms with Crippen molar-refractivity contribution in [2.45, 2.75) is 44.6 Å². The average molecular weight is 345 g/mol. The lowest BCUT2D eigenvalue weighted by atomic mass is 10.0. The molecule has 0 spiro atoms. The van der Waals surface area contributed by atoms with Gasteiger partial charge in [0.05, 0.1) is 3.79 Å². The standard InChI is InChI=1S/C14H21BrN2OS/c15-13-6-5-12(19-13)8-10-17-14(18)7-4-11-3-1-2-9-16-11/h5-6,11,16H,1-4,7-10H2,(H,17,18). The van der Waals surface area contributed by atoms with Crippen molar-refractivity contribution in [2.75, 3.05) is 13.1 Å². The average Bonchev–Trinajstić information content (AvgIpc) is 2.83.